The van der Waals surface area contributed by atoms with Gasteiger partial charge in [0.25, 0.3) is 0 Å². The zero-order valence-electron chi connectivity index (χ0n) is 11.2. The largest absolute Gasteiger partial charge is 0.307 e. The molecule has 0 aromatic carbocycles. The average Bonchev–Trinajstić information content (AvgIpc) is 3.09. The molecule has 18 heavy (non-hydrogen) atoms. The molecule has 0 bridgehead atoms. The molecule has 0 radical (unpaired) electrons. The molecule has 1 N–H and O–H groups in total. The number of nitrogens with zero attached hydrogens (tertiary/aromatic N) is 4. The van der Waals surface area contributed by atoms with Gasteiger partial charge in [-0.3, -0.25) is 0 Å². The fourth-order valence-corrected chi connectivity index (χ4v) is 2.92. The molecule has 5 heteroatoms. The summed E-state index contributed by atoms with van der Waals surface area (Å²) in [6, 6.07) is 0.709. The first-order chi connectivity index (χ1) is 8.75. The number of nitrogens with one attached hydrogen (secondary N) is 1. The topological polar surface area (TPSA) is 55.6 Å². The molecule has 0 saturated heterocycles. The van der Waals surface area contributed by atoms with Gasteiger partial charge in [0.05, 0.1) is 13.1 Å². The highest BCUT2D eigenvalue weighted by Crippen LogP contribution is 2.37. The molecule has 0 unspecified atom stereocenters. The maximum atomic E-state index is 4.17. The van der Waals surface area contributed by atoms with E-state index in [-0.39, 0.29) is 0 Å². The fourth-order valence-electron chi connectivity index (χ4n) is 2.92. The molecule has 0 aliphatic heterocycles. The van der Waals surface area contributed by atoms with Gasteiger partial charge in [-0.15, -0.1) is 5.10 Å². The minimum atomic E-state index is 0.391. The Kier molecular flexibility index (Phi) is 3.33. The third-order valence-electron chi connectivity index (χ3n) is 4.32. The summed E-state index contributed by atoms with van der Waals surface area (Å²) in [5.41, 5.74) is 0.391. The van der Waals surface area contributed by atoms with Gasteiger partial charge in [-0.1, -0.05) is 26.2 Å². The smallest absolute Gasteiger partial charge is 0.165 e. The minimum absolute atomic E-state index is 0.391. The van der Waals surface area contributed by atoms with E-state index >= 15 is 0 Å². The van der Waals surface area contributed by atoms with E-state index in [1.54, 1.807) is 0 Å². The van der Waals surface area contributed by atoms with Crippen molar-refractivity contribution in [1.82, 2.24) is 25.5 Å². The molecule has 2 saturated carbocycles. The molecule has 1 heterocycles. The summed E-state index contributed by atoms with van der Waals surface area (Å²) in [7, 11) is 0. The molecule has 2 aliphatic carbocycles. The van der Waals surface area contributed by atoms with Gasteiger partial charge in [0, 0.05) is 6.04 Å². The Morgan fingerprint density at radius 1 is 1.28 bits per heavy atom. The fraction of sp³-hybridized carbons (Fsp3) is 0.923. The molecule has 0 spiro atoms. The molecule has 3 rings (SSSR count). The van der Waals surface area contributed by atoms with Gasteiger partial charge in [0.1, 0.15) is 0 Å². The molecule has 2 fully saturated rings. The molecule has 100 valence electrons. The van der Waals surface area contributed by atoms with Crippen molar-refractivity contribution in [2.24, 2.45) is 5.41 Å². The van der Waals surface area contributed by atoms with Crippen LogP contribution in [0, 0.1) is 5.41 Å². The van der Waals surface area contributed by atoms with Crippen LogP contribution in [0.3, 0.4) is 0 Å². The van der Waals surface area contributed by atoms with E-state index in [0.29, 0.717) is 11.5 Å². The van der Waals surface area contributed by atoms with E-state index in [2.05, 4.69) is 27.8 Å². The number of aromatic nitrogens is 4. The lowest BCUT2D eigenvalue weighted by molar-refractivity contribution is 0.172. The van der Waals surface area contributed by atoms with Crippen LogP contribution >= 0.6 is 0 Å². The van der Waals surface area contributed by atoms with E-state index in [1.165, 1.54) is 44.9 Å². The Labute approximate surface area is 108 Å². The lowest BCUT2D eigenvalue weighted by Gasteiger charge is -2.33. The third-order valence-corrected chi connectivity index (χ3v) is 4.32. The molecule has 0 amide bonds. The Bertz CT molecular complexity index is 390. The first-order valence-electron chi connectivity index (χ1n) is 7.24. The van der Waals surface area contributed by atoms with Crippen molar-refractivity contribution in [3.05, 3.63) is 5.82 Å². The highest BCUT2D eigenvalue weighted by Gasteiger charge is 2.29. The van der Waals surface area contributed by atoms with Crippen LogP contribution in [0.25, 0.3) is 0 Å². The van der Waals surface area contributed by atoms with Crippen LogP contribution in [-0.4, -0.2) is 26.2 Å². The SMILES string of the molecule is CC1(Cn2nnnc2CNC2CC2)CCCCC1. The average molecular weight is 249 g/mol. The number of tetrazole rings is 1. The molecule has 1 aromatic heterocycles. The summed E-state index contributed by atoms with van der Waals surface area (Å²) in [5, 5.41) is 15.6. The van der Waals surface area contributed by atoms with Crippen LogP contribution in [-0.2, 0) is 13.1 Å². The van der Waals surface area contributed by atoms with E-state index in [9.17, 15) is 0 Å². The zero-order chi connectivity index (χ0) is 12.4. The van der Waals surface area contributed by atoms with Gasteiger partial charge in [0.2, 0.25) is 0 Å². The number of hydrogen-bond donors (Lipinski definition) is 1. The van der Waals surface area contributed by atoms with Crippen molar-refractivity contribution >= 4 is 0 Å². The minimum Gasteiger partial charge on any atom is -0.307 e. The summed E-state index contributed by atoms with van der Waals surface area (Å²) in [5.74, 6) is 0.994. The zero-order valence-corrected chi connectivity index (χ0v) is 11.2. The van der Waals surface area contributed by atoms with E-state index in [1.807, 2.05) is 4.68 Å². The summed E-state index contributed by atoms with van der Waals surface area (Å²) in [6.45, 7) is 4.17. The van der Waals surface area contributed by atoms with Crippen LogP contribution in [0.15, 0.2) is 0 Å². The Hall–Kier alpha value is -0.970. The van der Waals surface area contributed by atoms with Crippen LogP contribution in [0.5, 0.6) is 0 Å². The highest BCUT2D eigenvalue weighted by atomic mass is 15.5. The summed E-state index contributed by atoms with van der Waals surface area (Å²) >= 11 is 0. The van der Waals surface area contributed by atoms with Crippen molar-refractivity contribution < 1.29 is 0 Å². The van der Waals surface area contributed by atoms with Gasteiger partial charge in [-0.2, -0.15) is 0 Å². The predicted octanol–water partition coefficient (Wildman–Crippen LogP) is 1.90. The first kappa shape index (κ1) is 12.1. The van der Waals surface area contributed by atoms with E-state index in [4.69, 9.17) is 0 Å². The molecule has 1 aromatic rings. The Balaban J connectivity index is 1.62. The quantitative estimate of drug-likeness (QED) is 0.866. The second-order valence-corrected chi connectivity index (χ2v) is 6.28. The molecular weight excluding hydrogens is 226 g/mol. The van der Waals surface area contributed by atoms with Gasteiger partial charge in [-0.05, 0) is 41.5 Å². The summed E-state index contributed by atoms with van der Waals surface area (Å²) < 4.78 is 2.01. The lowest BCUT2D eigenvalue weighted by Crippen LogP contribution is -2.29. The number of hydrogen-bond acceptors (Lipinski definition) is 4. The molecule has 0 atom stereocenters. The van der Waals surface area contributed by atoms with Crippen molar-refractivity contribution in [2.75, 3.05) is 0 Å². The Morgan fingerprint density at radius 3 is 2.78 bits per heavy atom. The van der Waals surface area contributed by atoms with Crippen LogP contribution in [0.1, 0.15) is 57.7 Å². The maximum absolute atomic E-state index is 4.17. The normalized spacial score (nSPS) is 23.2. The first-order valence-corrected chi connectivity index (χ1v) is 7.24. The van der Waals surface area contributed by atoms with Crippen molar-refractivity contribution in [1.29, 1.82) is 0 Å². The molecule has 2 aliphatic rings. The van der Waals surface area contributed by atoms with Crippen LogP contribution in [0.4, 0.5) is 0 Å². The van der Waals surface area contributed by atoms with Crippen molar-refractivity contribution in [3.8, 4) is 0 Å². The maximum Gasteiger partial charge on any atom is 0.165 e. The molecular formula is C13H23N5. The highest BCUT2D eigenvalue weighted by molar-refractivity contribution is 4.89. The van der Waals surface area contributed by atoms with Crippen molar-refractivity contribution in [2.45, 2.75) is 71.0 Å². The summed E-state index contributed by atoms with van der Waals surface area (Å²) in [6.07, 6.45) is 9.33. The van der Waals surface area contributed by atoms with Crippen LogP contribution in [0.2, 0.25) is 0 Å². The lowest BCUT2D eigenvalue weighted by atomic mass is 9.76. The summed E-state index contributed by atoms with van der Waals surface area (Å²) in [4.78, 5) is 0. The van der Waals surface area contributed by atoms with Gasteiger partial charge in [-0.25, -0.2) is 4.68 Å². The predicted molar refractivity (Wildman–Crippen MR) is 68.9 cm³/mol. The van der Waals surface area contributed by atoms with Gasteiger partial charge in [0.15, 0.2) is 5.82 Å². The van der Waals surface area contributed by atoms with Crippen LogP contribution < -0.4 is 5.32 Å². The van der Waals surface area contributed by atoms with Gasteiger partial charge >= 0.3 is 0 Å². The second kappa shape index (κ2) is 4.96. The van der Waals surface area contributed by atoms with E-state index in [0.717, 1.165) is 18.9 Å². The second-order valence-electron chi connectivity index (χ2n) is 6.28. The monoisotopic (exact) mass is 249 g/mol. The van der Waals surface area contributed by atoms with Gasteiger partial charge < -0.3 is 5.32 Å². The standard InChI is InChI=1S/C13H23N5/c1-13(7-3-2-4-8-13)10-18-12(15-16-17-18)9-14-11-5-6-11/h11,14H,2-10H2,1H3. The Morgan fingerprint density at radius 2 is 2.06 bits per heavy atom. The van der Waals surface area contributed by atoms with E-state index < -0.39 is 0 Å². The van der Waals surface area contributed by atoms with Crippen molar-refractivity contribution in [3.63, 3.8) is 0 Å². The molecule has 5 nitrogen and oxygen atoms in total. The number of rotatable bonds is 5. The third kappa shape index (κ3) is 2.88.